The number of likely N-dealkylation sites (tertiary alicyclic amines) is 1. The number of amides is 2. The third-order valence-electron chi connectivity index (χ3n) is 4.90. The molecule has 0 N–H and O–H groups in total. The first-order valence-corrected chi connectivity index (χ1v) is 10.3. The fourth-order valence-electron chi connectivity index (χ4n) is 3.47. The maximum absolute atomic E-state index is 13.6. The Morgan fingerprint density at radius 1 is 1.31 bits per heavy atom. The van der Waals surface area contributed by atoms with Crippen LogP contribution in [-0.4, -0.2) is 61.2 Å². The molecule has 2 heterocycles. The maximum atomic E-state index is 13.6. The smallest absolute Gasteiger partial charge is 0.406 e. The quantitative estimate of drug-likeness (QED) is 0.610. The summed E-state index contributed by atoms with van der Waals surface area (Å²) >= 11 is 0.975. The highest BCUT2D eigenvalue weighted by Crippen LogP contribution is 2.35. The number of hydrogen-bond acceptors (Lipinski definition) is 6. The number of rotatable bonds is 6. The van der Waals surface area contributed by atoms with Crippen LogP contribution < -0.4 is 14.4 Å². The van der Waals surface area contributed by atoms with E-state index in [9.17, 15) is 22.8 Å². The van der Waals surface area contributed by atoms with Gasteiger partial charge in [0.1, 0.15) is 29.0 Å². The predicted molar refractivity (Wildman–Crippen MR) is 112 cm³/mol. The molecule has 0 radical (unpaired) electrons. The molecule has 1 atom stereocenters. The number of aromatic nitrogens is 1. The van der Waals surface area contributed by atoms with Crippen molar-refractivity contribution in [3.8, 4) is 23.8 Å². The van der Waals surface area contributed by atoms with Crippen molar-refractivity contribution in [3.05, 3.63) is 33.8 Å². The lowest BCUT2D eigenvalue weighted by Gasteiger charge is -2.29. The number of carbonyl (C=O) groups excluding carboxylic acids is 2. The molecule has 1 aliphatic heterocycles. The molecule has 11 heteroatoms. The number of hydrogen-bond donors (Lipinski definition) is 0. The van der Waals surface area contributed by atoms with Gasteiger partial charge in [0.15, 0.2) is 5.01 Å². The number of nitrogens with zero attached hydrogens (tertiary/aromatic N) is 3. The van der Waals surface area contributed by atoms with Gasteiger partial charge in [0.25, 0.3) is 5.91 Å². The summed E-state index contributed by atoms with van der Waals surface area (Å²) in [6, 6.07) is 3.46. The van der Waals surface area contributed by atoms with Crippen molar-refractivity contribution in [1.82, 2.24) is 9.88 Å². The molecule has 0 spiro atoms. The summed E-state index contributed by atoms with van der Waals surface area (Å²) in [5.41, 5.74) is 0.610. The molecule has 2 amide bonds. The number of carbonyl (C=O) groups is 2. The van der Waals surface area contributed by atoms with E-state index < -0.39 is 30.6 Å². The summed E-state index contributed by atoms with van der Waals surface area (Å²) in [6.07, 6.45) is 0.870. The van der Waals surface area contributed by atoms with E-state index in [0.717, 1.165) is 11.3 Å². The SMILES string of the molecule is C#Cc1nc(C)c(C(=O)N(c2cc(OC)cc(OC)c2)C2CCN(CC(F)(F)F)C2=O)s1. The molecule has 3 rings (SSSR count). The van der Waals surface area contributed by atoms with E-state index in [4.69, 9.17) is 15.9 Å². The molecule has 7 nitrogen and oxygen atoms in total. The van der Waals surface area contributed by atoms with Crippen molar-refractivity contribution >= 4 is 28.8 Å². The van der Waals surface area contributed by atoms with Gasteiger partial charge in [0.2, 0.25) is 5.91 Å². The van der Waals surface area contributed by atoms with Gasteiger partial charge in [-0.3, -0.25) is 14.5 Å². The second-order valence-electron chi connectivity index (χ2n) is 7.00. The zero-order valence-electron chi connectivity index (χ0n) is 17.5. The van der Waals surface area contributed by atoms with Gasteiger partial charge in [0, 0.05) is 24.7 Å². The molecular formula is C21H20F3N3O4S. The lowest BCUT2D eigenvalue weighted by molar-refractivity contribution is -0.157. The topological polar surface area (TPSA) is 72.0 Å². The van der Waals surface area contributed by atoms with E-state index >= 15 is 0 Å². The van der Waals surface area contributed by atoms with Crippen molar-refractivity contribution in [2.24, 2.45) is 0 Å². The van der Waals surface area contributed by atoms with Crippen LogP contribution in [0, 0.1) is 19.3 Å². The normalized spacial score (nSPS) is 16.1. The van der Waals surface area contributed by atoms with Gasteiger partial charge in [0.05, 0.1) is 25.6 Å². The van der Waals surface area contributed by atoms with Crippen LogP contribution in [0.2, 0.25) is 0 Å². The van der Waals surface area contributed by atoms with Crippen LogP contribution in [0.4, 0.5) is 18.9 Å². The maximum Gasteiger partial charge on any atom is 0.406 e. The zero-order valence-corrected chi connectivity index (χ0v) is 18.3. The Bertz CT molecular complexity index is 1050. The Kier molecular flexibility index (Phi) is 6.64. The minimum absolute atomic E-state index is 0.0278. The van der Waals surface area contributed by atoms with Crippen molar-refractivity contribution in [2.45, 2.75) is 25.6 Å². The summed E-state index contributed by atoms with van der Waals surface area (Å²) in [5.74, 6) is 1.67. The van der Waals surface area contributed by atoms with Gasteiger partial charge in [-0.1, -0.05) is 0 Å². The molecule has 1 aliphatic rings. The van der Waals surface area contributed by atoms with Crippen LogP contribution in [0.25, 0.3) is 0 Å². The standard InChI is InChI=1S/C21H20F3N3O4S/c1-5-17-25-12(2)18(32-17)20(29)27(13-8-14(30-3)10-15(9-13)31-4)16-6-7-26(19(16)28)11-21(22,23)24/h1,8-10,16H,6-7,11H2,2-4H3. The molecule has 1 fully saturated rings. The van der Waals surface area contributed by atoms with Crippen molar-refractivity contribution in [2.75, 3.05) is 32.2 Å². The van der Waals surface area contributed by atoms with Crippen molar-refractivity contribution in [1.29, 1.82) is 0 Å². The van der Waals surface area contributed by atoms with Crippen LogP contribution in [0.3, 0.4) is 0 Å². The van der Waals surface area contributed by atoms with E-state index in [-0.39, 0.29) is 28.5 Å². The number of methoxy groups -OCH3 is 2. The average molecular weight is 467 g/mol. The molecule has 0 aliphatic carbocycles. The molecule has 1 saturated heterocycles. The third kappa shape index (κ3) is 4.80. The summed E-state index contributed by atoms with van der Waals surface area (Å²) in [4.78, 5) is 32.7. The third-order valence-corrected chi connectivity index (χ3v) is 5.98. The molecule has 1 aromatic heterocycles. The highest BCUT2D eigenvalue weighted by molar-refractivity contribution is 7.14. The monoisotopic (exact) mass is 467 g/mol. The molecular weight excluding hydrogens is 447 g/mol. The molecule has 32 heavy (non-hydrogen) atoms. The van der Waals surface area contributed by atoms with E-state index in [1.165, 1.54) is 31.3 Å². The van der Waals surface area contributed by atoms with Crippen LogP contribution in [0.5, 0.6) is 11.5 Å². The highest BCUT2D eigenvalue weighted by atomic mass is 32.1. The minimum Gasteiger partial charge on any atom is -0.497 e. The Morgan fingerprint density at radius 2 is 1.94 bits per heavy atom. The van der Waals surface area contributed by atoms with E-state index in [0.29, 0.717) is 22.1 Å². The Morgan fingerprint density at radius 3 is 2.44 bits per heavy atom. The van der Waals surface area contributed by atoms with E-state index in [1.807, 2.05) is 0 Å². The first-order valence-electron chi connectivity index (χ1n) is 9.44. The fourth-order valence-corrected chi connectivity index (χ4v) is 4.29. The molecule has 170 valence electrons. The van der Waals surface area contributed by atoms with Crippen molar-refractivity contribution < 1.29 is 32.2 Å². The molecule has 0 bridgehead atoms. The molecule has 1 aromatic carbocycles. The van der Waals surface area contributed by atoms with Gasteiger partial charge >= 0.3 is 6.18 Å². The Labute approximate surface area is 186 Å². The van der Waals surface area contributed by atoms with Crippen LogP contribution in [-0.2, 0) is 4.79 Å². The van der Waals surface area contributed by atoms with Crippen molar-refractivity contribution in [3.63, 3.8) is 0 Å². The lowest BCUT2D eigenvalue weighted by atomic mass is 10.1. The fraction of sp³-hybridized carbons (Fsp3) is 0.381. The van der Waals surface area contributed by atoms with E-state index in [1.54, 1.807) is 13.0 Å². The first-order chi connectivity index (χ1) is 15.1. The summed E-state index contributed by atoms with van der Waals surface area (Å²) in [5, 5.41) is 0.283. The Balaban J connectivity index is 2.08. The summed E-state index contributed by atoms with van der Waals surface area (Å²) in [7, 11) is 2.84. The number of thiazole rings is 1. The second kappa shape index (κ2) is 9.08. The zero-order chi connectivity index (χ0) is 23.6. The van der Waals surface area contributed by atoms with Gasteiger partial charge in [-0.2, -0.15) is 13.2 Å². The second-order valence-corrected chi connectivity index (χ2v) is 8.00. The number of ether oxygens (including phenoxy) is 2. The molecule has 0 saturated carbocycles. The van der Waals surface area contributed by atoms with E-state index in [2.05, 4.69) is 10.9 Å². The number of benzene rings is 1. The number of halogens is 3. The predicted octanol–water partition coefficient (Wildman–Crippen LogP) is 3.26. The van der Waals surface area contributed by atoms with Crippen LogP contribution in [0.15, 0.2) is 18.2 Å². The largest absolute Gasteiger partial charge is 0.497 e. The molecule has 1 unspecified atom stereocenters. The number of alkyl halides is 3. The van der Waals surface area contributed by atoms with Gasteiger partial charge < -0.3 is 14.4 Å². The van der Waals surface area contributed by atoms with Gasteiger partial charge in [-0.15, -0.1) is 17.8 Å². The number of terminal acetylenes is 1. The number of anilines is 1. The van der Waals surface area contributed by atoms with Gasteiger partial charge in [-0.25, -0.2) is 4.98 Å². The average Bonchev–Trinajstić information content (AvgIpc) is 3.29. The summed E-state index contributed by atoms with van der Waals surface area (Å²) < 4.78 is 49.3. The lowest BCUT2D eigenvalue weighted by Crippen LogP contribution is -2.47. The van der Waals surface area contributed by atoms with Crippen LogP contribution in [0.1, 0.15) is 26.8 Å². The summed E-state index contributed by atoms with van der Waals surface area (Å²) in [6.45, 7) is 0.0825. The van der Waals surface area contributed by atoms with Crippen LogP contribution >= 0.6 is 11.3 Å². The highest BCUT2D eigenvalue weighted by Gasteiger charge is 2.44. The first kappa shape index (κ1) is 23.4. The Hall–Kier alpha value is -3.26. The minimum atomic E-state index is -4.55. The molecule has 2 aromatic rings. The van der Waals surface area contributed by atoms with Gasteiger partial charge in [-0.05, 0) is 19.3 Å². The number of aryl methyl sites for hydroxylation is 1.